The summed E-state index contributed by atoms with van der Waals surface area (Å²) in [5, 5.41) is 14.2. The molecule has 0 spiro atoms. The quantitative estimate of drug-likeness (QED) is 0.456. The minimum absolute atomic E-state index is 0.0405. The zero-order valence-corrected chi connectivity index (χ0v) is 14.5. The predicted octanol–water partition coefficient (Wildman–Crippen LogP) is 5.34. The summed E-state index contributed by atoms with van der Waals surface area (Å²) < 4.78 is 0. The molecule has 2 heterocycles. The fourth-order valence-electron chi connectivity index (χ4n) is 3.86. The van der Waals surface area contributed by atoms with Crippen molar-refractivity contribution >= 4 is 32.6 Å². The van der Waals surface area contributed by atoms with Gasteiger partial charge in [0, 0.05) is 28.0 Å². The van der Waals surface area contributed by atoms with E-state index >= 15 is 0 Å². The normalized spacial score (nSPS) is 11.6. The molecule has 0 fully saturated rings. The minimum Gasteiger partial charge on any atom is -0.392 e. The van der Waals surface area contributed by atoms with E-state index in [2.05, 4.69) is 60.4 Å². The number of aromatic amines is 1. The van der Waals surface area contributed by atoms with Crippen molar-refractivity contribution in [2.75, 3.05) is 0 Å². The fourth-order valence-corrected chi connectivity index (χ4v) is 3.86. The summed E-state index contributed by atoms with van der Waals surface area (Å²) in [6.07, 6.45) is 1.88. The molecule has 126 valence electrons. The third-order valence-electron chi connectivity index (χ3n) is 5.14. The number of aliphatic hydroxyl groups is 1. The SMILES string of the molecule is Cc1ccc2ccccc2c1-c1nccc2c1[nH]c1cc(CO)ccc12. The summed E-state index contributed by atoms with van der Waals surface area (Å²) >= 11 is 0. The van der Waals surface area contributed by atoms with Crippen LogP contribution in [0.3, 0.4) is 0 Å². The molecule has 3 aromatic carbocycles. The number of fused-ring (bicyclic) bond motifs is 4. The molecule has 0 unspecified atom stereocenters. The van der Waals surface area contributed by atoms with Crippen LogP contribution >= 0.6 is 0 Å². The van der Waals surface area contributed by atoms with Gasteiger partial charge in [0.25, 0.3) is 0 Å². The average Bonchev–Trinajstić information content (AvgIpc) is 3.06. The third kappa shape index (κ3) is 2.14. The number of rotatable bonds is 2. The highest BCUT2D eigenvalue weighted by atomic mass is 16.3. The zero-order chi connectivity index (χ0) is 17.7. The second kappa shape index (κ2) is 5.68. The lowest BCUT2D eigenvalue weighted by Gasteiger charge is -2.11. The van der Waals surface area contributed by atoms with Gasteiger partial charge in [0.2, 0.25) is 0 Å². The Morgan fingerprint density at radius 1 is 0.923 bits per heavy atom. The van der Waals surface area contributed by atoms with E-state index in [1.807, 2.05) is 18.3 Å². The highest BCUT2D eigenvalue weighted by molar-refractivity contribution is 6.13. The maximum atomic E-state index is 9.43. The van der Waals surface area contributed by atoms with E-state index in [0.29, 0.717) is 0 Å². The monoisotopic (exact) mass is 338 g/mol. The topological polar surface area (TPSA) is 48.9 Å². The van der Waals surface area contributed by atoms with E-state index in [1.54, 1.807) is 0 Å². The van der Waals surface area contributed by atoms with Gasteiger partial charge in [-0.25, -0.2) is 0 Å². The first-order valence-electron chi connectivity index (χ1n) is 8.75. The zero-order valence-electron chi connectivity index (χ0n) is 14.5. The van der Waals surface area contributed by atoms with Crippen molar-refractivity contribution in [3.05, 3.63) is 78.0 Å². The fraction of sp³-hybridized carbons (Fsp3) is 0.0870. The minimum atomic E-state index is 0.0405. The van der Waals surface area contributed by atoms with E-state index in [9.17, 15) is 5.11 Å². The lowest BCUT2D eigenvalue weighted by atomic mass is 9.96. The molecular weight excluding hydrogens is 320 g/mol. The van der Waals surface area contributed by atoms with Gasteiger partial charge in [-0.3, -0.25) is 4.98 Å². The lowest BCUT2D eigenvalue weighted by Crippen LogP contribution is -1.90. The van der Waals surface area contributed by atoms with Gasteiger partial charge in [-0.05, 0) is 41.0 Å². The molecule has 3 nitrogen and oxygen atoms in total. The van der Waals surface area contributed by atoms with E-state index in [1.165, 1.54) is 21.9 Å². The summed E-state index contributed by atoms with van der Waals surface area (Å²) in [5.74, 6) is 0. The van der Waals surface area contributed by atoms with Gasteiger partial charge in [0.1, 0.15) is 0 Å². The van der Waals surface area contributed by atoms with Crippen molar-refractivity contribution in [3.63, 3.8) is 0 Å². The number of aromatic nitrogens is 2. The van der Waals surface area contributed by atoms with E-state index in [0.717, 1.165) is 33.1 Å². The Bertz CT molecular complexity index is 1280. The molecule has 0 atom stereocenters. The Kier molecular flexibility index (Phi) is 3.30. The Labute approximate surface area is 150 Å². The largest absolute Gasteiger partial charge is 0.392 e. The van der Waals surface area contributed by atoms with Crippen molar-refractivity contribution in [1.29, 1.82) is 0 Å². The second-order valence-corrected chi connectivity index (χ2v) is 6.72. The molecule has 0 aliphatic rings. The number of nitrogens with zero attached hydrogens (tertiary/aromatic N) is 1. The van der Waals surface area contributed by atoms with Crippen LogP contribution in [0.4, 0.5) is 0 Å². The van der Waals surface area contributed by atoms with E-state index in [-0.39, 0.29) is 6.61 Å². The number of nitrogens with one attached hydrogen (secondary N) is 1. The molecule has 2 aromatic heterocycles. The van der Waals surface area contributed by atoms with Gasteiger partial charge in [0.05, 0.1) is 17.8 Å². The number of hydrogen-bond donors (Lipinski definition) is 2. The Morgan fingerprint density at radius 3 is 2.69 bits per heavy atom. The number of H-pyrrole nitrogens is 1. The van der Waals surface area contributed by atoms with Crippen molar-refractivity contribution in [2.24, 2.45) is 0 Å². The second-order valence-electron chi connectivity index (χ2n) is 6.72. The van der Waals surface area contributed by atoms with Gasteiger partial charge in [-0.15, -0.1) is 0 Å². The first-order valence-corrected chi connectivity index (χ1v) is 8.75. The average molecular weight is 338 g/mol. The molecular formula is C23H18N2O. The summed E-state index contributed by atoms with van der Waals surface area (Å²) in [6.45, 7) is 2.17. The highest BCUT2D eigenvalue weighted by Gasteiger charge is 2.15. The van der Waals surface area contributed by atoms with Gasteiger partial charge < -0.3 is 10.1 Å². The number of benzene rings is 3. The van der Waals surface area contributed by atoms with E-state index in [4.69, 9.17) is 4.98 Å². The Balaban J connectivity index is 1.90. The molecule has 0 aliphatic carbocycles. The molecule has 3 heteroatoms. The molecule has 5 rings (SSSR count). The van der Waals surface area contributed by atoms with E-state index < -0.39 is 0 Å². The van der Waals surface area contributed by atoms with Gasteiger partial charge in [-0.1, -0.05) is 48.5 Å². The molecule has 0 saturated carbocycles. The number of aryl methyl sites for hydroxylation is 1. The van der Waals surface area contributed by atoms with Crippen LogP contribution in [0.2, 0.25) is 0 Å². The third-order valence-corrected chi connectivity index (χ3v) is 5.14. The molecule has 5 aromatic rings. The smallest absolute Gasteiger partial charge is 0.0952 e. The van der Waals surface area contributed by atoms with Gasteiger partial charge in [0.15, 0.2) is 0 Å². The Morgan fingerprint density at radius 2 is 1.81 bits per heavy atom. The van der Waals surface area contributed by atoms with Crippen molar-refractivity contribution < 1.29 is 5.11 Å². The van der Waals surface area contributed by atoms with Gasteiger partial charge >= 0.3 is 0 Å². The summed E-state index contributed by atoms with van der Waals surface area (Å²) in [6, 6.07) is 20.8. The molecule has 0 radical (unpaired) electrons. The number of hydrogen-bond acceptors (Lipinski definition) is 2. The van der Waals surface area contributed by atoms with Crippen LogP contribution < -0.4 is 0 Å². The summed E-state index contributed by atoms with van der Waals surface area (Å²) in [4.78, 5) is 8.28. The summed E-state index contributed by atoms with van der Waals surface area (Å²) in [5.41, 5.74) is 6.32. The molecule has 26 heavy (non-hydrogen) atoms. The first kappa shape index (κ1) is 15.1. The number of aliphatic hydroxyl groups excluding tert-OH is 1. The van der Waals surface area contributed by atoms with Crippen LogP contribution in [0, 0.1) is 6.92 Å². The maximum absolute atomic E-state index is 9.43. The van der Waals surface area contributed by atoms with Crippen LogP contribution in [0.25, 0.3) is 43.8 Å². The maximum Gasteiger partial charge on any atom is 0.0952 e. The van der Waals surface area contributed by atoms with Gasteiger partial charge in [-0.2, -0.15) is 0 Å². The van der Waals surface area contributed by atoms with Crippen molar-refractivity contribution in [3.8, 4) is 11.3 Å². The number of pyridine rings is 1. The summed E-state index contributed by atoms with van der Waals surface area (Å²) in [7, 11) is 0. The van der Waals surface area contributed by atoms with Crippen LogP contribution in [0.5, 0.6) is 0 Å². The standard InChI is InChI=1S/C23H18N2O/c1-14-6-8-16-4-2-3-5-17(16)21(14)23-22-19(10-11-24-23)18-9-7-15(13-26)12-20(18)25-22/h2-12,25-26H,13H2,1H3. The molecule has 0 bridgehead atoms. The van der Waals surface area contributed by atoms with Crippen LogP contribution in [0.1, 0.15) is 11.1 Å². The Hall–Kier alpha value is -3.17. The van der Waals surface area contributed by atoms with Crippen LogP contribution in [0.15, 0.2) is 66.9 Å². The molecule has 2 N–H and O–H groups in total. The molecule has 0 saturated heterocycles. The predicted molar refractivity (Wildman–Crippen MR) is 107 cm³/mol. The lowest BCUT2D eigenvalue weighted by molar-refractivity contribution is 0.282. The van der Waals surface area contributed by atoms with Crippen LogP contribution in [-0.4, -0.2) is 15.1 Å². The molecule has 0 aliphatic heterocycles. The van der Waals surface area contributed by atoms with Crippen molar-refractivity contribution in [2.45, 2.75) is 13.5 Å². The van der Waals surface area contributed by atoms with Crippen LogP contribution in [-0.2, 0) is 6.61 Å². The first-order chi connectivity index (χ1) is 12.8. The van der Waals surface area contributed by atoms with Crippen molar-refractivity contribution in [1.82, 2.24) is 9.97 Å². The molecule has 0 amide bonds. The highest BCUT2D eigenvalue weighted by Crippen LogP contribution is 2.37.